The van der Waals surface area contributed by atoms with Crippen LogP contribution in [0, 0.1) is 0 Å². The van der Waals surface area contributed by atoms with Gasteiger partial charge in [0, 0.05) is 13.0 Å². The van der Waals surface area contributed by atoms with E-state index in [1.54, 1.807) is 24.3 Å². The van der Waals surface area contributed by atoms with Gasteiger partial charge in [-0.15, -0.1) is 0 Å². The number of amides is 3. The number of hydrogen-bond acceptors (Lipinski definition) is 3. The Morgan fingerprint density at radius 2 is 1.17 bits per heavy atom. The van der Waals surface area contributed by atoms with E-state index >= 15 is 0 Å². The molecule has 5 rings (SSSR count). The highest BCUT2D eigenvalue weighted by Crippen LogP contribution is 2.43. The number of fused-ring (bicyclic) bond motifs is 4. The Labute approximate surface area is 168 Å². The Balaban J connectivity index is 1.31. The number of nitrogens with one attached hydrogen (secondary N) is 1. The van der Waals surface area contributed by atoms with E-state index in [4.69, 9.17) is 0 Å². The van der Waals surface area contributed by atoms with Gasteiger partial charge in [-0.05, 0) is 34.4 Å². The fourth-order valence-corrected chi connectivity index (χ4v) is 4.20. The van der Waals surface area contributed by atoms with Crippen molar-refractivity contribution in [2.75, 3.05) is 6.54 Å². The quantitative estimate of drug-likeness (QED) is 0.702. The smallest absolute Gasteiger partial charge is 0.261 e. The number of carbonyl (C=O) groups excluding carboxylic acids is 3. The van der Waals surface area contributed by atoms with Gasteiger partial charge in [0.15, 0.2) is 0 Å². The highest BCUT2D eigenvalue weighted by molar-refractivity contribution is 6.21. The minimum atomic E-state index is -0.338. The van der Waals surface area contributed by atoms with E-state index in [0.29, 0.717) is 11.1 Å². The van der Waals surface area contributed by atoms with E-state index in [0.717, 1.165) is 27.2 Å². The van der Waals surface area contributed by atoms with Gasteiger partial charge in [0.2, 0.25) is 5.91 Å². The summed E-state index contributed by atoms with van der Waals surface area (Å²) in [4.78, 5) is 38.8. The normalized spacial score (nSPS) is 14.6. The van der Waals surface area contributed by atoms with Crippen LogP contribution >= 0.6 is 0 Å². The van der Waals surface area contributed by atoms with Crippen molar-refractivity contribution >= 4 is 17.7 Å². The molecule has 0 saturated heterocycles. The molecule has 1 N–H and O–H groups in total. The van der Waals surface area contributed by atoms with Crippen LogP contribution in [-0.4, -0.2) is 29.2 Å². The summed E-state index contributed by atoms with van der Waals surface area (Å²) in [6.45, 7) is 0.0637. The van der Waals surface area contributed by atoms with E-state index in [2.05, 4.69) is 17.4 Å². The van der Waals surface area contributed by atoms with Gasteiger partial charge in [0.05, 0.1) is 17.2 Å². The van der Waals surface area contributed by atoms with Gasteiger partial charge in [0.1, 0.15) is 0 Å². The van der Waals surface area contributed by atoms with Crippen molar-refractivity contribution in [2.24, 2.45) is 0 Å². The standard InChI is InChI=1S/C24H18N2O3/c27-21(13-14-26-23(28)19-11-5-6-12-20(19)24(26)29)25-22-17-9-3-1-7-15(17)16-8-2-4-10-18(16)22/h1-12,22H,13-14H2,(H,25,27). The van der Waals surface area contributed by atoms with Gasteiger partial charge < -0.3 is 5.32 Å². The average molecular weight is 382 g/mol. The molecular weight excluding hydrogens is 364 g/mol. The van der Waals surface area contributed by atoms with Gasteiger partial charge in [-0.1, -0.05) is 60.7 Å². The molecule has 0 spiro atoms. The lowest BCUT2D eigenvalue weighted by Gasteiger charge is -2.18. The lowest BCUT2D eigenvalue weighted by Crippen LogP contribution is -2.35. The van der Waals surface area contributed by atoms with Crippen LogP contribution in [0.4, 0.5) is 0 Å². The van der Waals surface area contributed by atoms with E-state index < -0.39 is 0 Å². The second-order valence-corrected chi connectivity index (χ2v) is 7.23. The third-order valence-corrected chi connectivity index (χ3v) is 5.58. The molecule has 142 valence electrons. The number of benzene rings is 3. The molecule has 0 radical (unpaired) electrons. The highest BCUT2D eigenvalue weighted by atomic mass is 16.2. The maximum atomic E-state index is 12.7. The van der Waals surface area contributed by atoms with Crippen LogP contribution in [-0.2, 0) is 4.79 Å². The zero-order valence-electron chi connectivity index (χ0n) is 15.6. The number of rotatable bonds is 4. The summed E-state index contributed by atoms with van der Waals surface area (Å²) in [5.74, 6) is -0.872. The first-order chi connectivity index (χ1) is 14.1. The molecule has 5 heteroatoms. The van der Waals surface area contributed by atoms with Crippen molar-refractivity contribution < 1.29 is 14.4 Å². The van der Waals surface area contributed by atoms with Crippen molar-refractivity contribution in [1.29, 1.82) is 0 Å². The monoisotopic (exact) mass is 382 g/mol. The Morgan fingerprint density at radius 1 is 0.724 bits per heavy atom. The molecule has 0 aromatic heterocycles. The van der Waals surface area contributed by atoms with Crippen LogP contribution in [0.25, 0.3) is 11.1 Å². The molecule has 0 saturated carbocycles. The zero-order valence-corrected chi connectivity index (χ0v) is 15.6. The van der Waals surface area contributed by atoms with Crippen LogP contribution in [0.5, 0.6) is 0 Å². The summed E-state index contributed by atoms with van der Waals surface area (Å²) in [5.41, 5.74) is 5.15. The van der Waals surface area contributed by atoms with Crippen LogP contribution in [0.2, 0.25) is 0 Å². The minimum absolute atomic E-state index is 0.0618. The number of hydrogen-bond donors (Lipinski definition) is 1. The van der Waals surface area contributed by atoms with Crippen molar-refractivity contribution in [2.45, 2.75) is 12.5 Å². The predicted molar refractivity (Wildman–Crippen MR) is 108 cm³/mol. The Hall–Kier alpha value is -3.73. The molecule has 29 heavy (non-hydrogen) atoms. The first-order valence-corrected chi connectivity index (χ1v) is 9.58. The van der Waals surface area contributed by atoms with E-state index in [-0.39, 0.29) is 36.7 Å². The molecule has 1 aliphatic heterocycles. The summed E-state index contributed by atoms with van der Waals surface area (Å²) in [6.07, 6.45) is 0.0618. The molecule has 3 aromatic rings. The SMILES string of the molecule is O=C(CCN1C(=O)c2ccccc2C1=O)NC1c2ccccc2-c2ccccc21. The van der Waals surface area contributed by atoms with Gasteiger partial charge in [-0.3, -0.25) is 19.3 Å². The fraction of sp³-hybridized carbons (Fsp3) is 0.125. The van der Waals surface area contributed by atoms with Crippen LogP contribution in [0.15, 0.2) is 72.8 Å². The van der Waals surface area contributed by atoms with Crippen molar-refractivity contribution in [3.63, 3.8) is 0 Å². The van der Waals surface area contributed by atoms with E-state index in [1.165, 1.54) is 0 Å². The summed E-state index contributed by atoms with van der Waals surface area (Å²) >= 11 is 0. The van der Waals surface area contributed by atoms with Gasteiger partial charge in [-0.2, -0.15) is 0 Å². The summed E-state index contributed by atoms with van der Waals surface area (Å²) in [7, 11) is 0. The third-order valence-electron chi connectivity index (χ3n) is 5.58. The van der Waals surface area contributed by atoms with Gasteiger partial charge in [0.25, 0.3) is 11.8 Å². The molecule has 0 atom stereocenters. The third kappa shape index (κ3) is 2.74. The lowest BCUT2D eigenvalue weighted by atomic mass is 10.1. The molecule has 0 bridgehead atoms. The summed E-state index contributed by atoms with van der Waals surface area (Å²) in [5, 5.41) is 3.08. The summed E-state index contributed by atoms with van der Waals surface area (Å²) < 4.78 is 0. The fourth-order valence-electron chi connectivity index (χ4n) is 4.20. The Kier molecular flexibility index (Phi) is 4.02. The molecule has 2 aliphatic rings. The van der Waals surface area contributed by atoms with Crippen LogP contribution in [0.3, 0.4) is 0 Å². The van der Waals surface area contributed by atoms with Crippen molar-refractivity contribution in [1.82, 2.24) is 10.2 Å². The van der Waals surface area contributed by atoms with Gasteiger partial charge >= 0.3 is 0 Å². The first-order valence-electron chi connectivity index (χ1n) is 9.58. The predicted octanol–water partition coefficient (Wildman–Crippen LogP) is 3.56. The zero-order chi connectivity index (χ0) is 20.0. The average Bonchev–Trinajstić information content (AvgIpc) is 3.20. The van der Waals surface area contributed by atoms with Crippen molar-refractivity contribution in [3.8, 4) is 11.1 Å². The highest BCUT2D eigenvalue weighted by Gasteiger charge is 2.35. The maximum Gasteiger partial charge on any atom is 0.261 e. The molecule has 0 fully saturated rings. The van der Waals surface area contributed by atoms with E-state index in [1.807, 2.05) is 36.4 Å². The molecule has 3 aromatic carbocycles. The Morgan fingerprint density at radius 3 is 1.69 bits per heavy atom. The molecular formula is C24H18N2O3. The van der Waals surface area contributed by atoms with Crippen molar-refractivity contribution in [3.05, 3.63) is 95.1 Å². The molecule has 3 amide bonds. The number of imide groups is 1. The number of nitrogens with zero attached hydrogens (tertiary/aromatic N) is 1. The molecule has 1 aliphatic carbocycles. The molecule has 1 heterocycles. The lowest BCUT2D eigenvalue weighted by molar-refractivity contribution is -0.121. The molecule has 5 nitrogen and oxygen atoms in total. The minimum Gasteiger partial charge on any atom is -0.345 e. The van der Waals surface area contributed by atoms with Crippen LogP contribution in [0.1, 0.15) is 44.3 Å². The number of carbonyl (C=O) groups is 3. The second kappa shape index (κ2) is 6.71. The topological polar surface area (TPSA) is 66.5 Å². The Bertz CT molecular complexity index is 1090. The molecule has 0 unspecified atom stereocenters. The van der Waals surface area contributed by atoms with Crippen LogP contribution < -0.4 is 5.32 Å². The first kappa shape index (κ1) is 17.4. The second-order valence-electron chi connectivity index (χ2n) is 7.23. The maximum absolute atomic E-state index is 12.7. The largest absolute Gasteiger partial charge is 0.345 e. The summed E-state index contributed by atoms with van der Waals surface area (Å²) in [6, 6.07) is 22.6. The van der Waals surface area contributed by atoms with Gasteiger partial charge in [-0.25, -0.2) is 0 Å². The van der Waals surface area contributed by atoms with E-state index in [9.17, 15) is 14.4 Å².